The molecule has 7 nitrogen and oxygen atoms in total. The third-order valence-corrected chi connectivity index (χ3v) is 8.02. The van der Waals surface area contributed by atoms with Gasteiger partial charge in [0.05, 0.1) is 31.5 Å². The molecule has 4 saturated carbocycles. The standard InChI is InChI=1S/C22H30O7S/c1-26-6-7-27-8-9-28-22(23)19-4-2-3-5-20(19)30(24,25)29-21-17-11-15-10-16(13-17)14-18(21)12-15/h2-5,15-18,21H,6-14H2,1H3. The van der Waals surface area contributed by atoms with E-state index in [0.717, 1.165) is 37.5 Å². The number of ether oxygens (including phenoxy) is 3. The van der Waals surface area contributed by atoms with Crippen LogP contribution in [0.5, 0.6) is 0 Å². The summed E-state index contributed by atoms with van der Waals surface area (Å²) in [4.78, 5) is 12.4. The zero-order chi connectivity index (χ0) is 21.1. The minimum atomic E-state index is -4.07. The van der Waals surface area contributed by atoms with E-state index in [1.807, 2.05) is 0 Å². The van der Waals surface area contributed by atoms with Crippen LogP contribution >= 0.6 is 0 Å². The van der Waals surface area contributed by atoms with E-state index < -0.39 is 16.1 Å². The van der Waals surface area contributed by atoms with Gasteiger partial charge in [0, 0.05) is 7.11 Å². The van der Waals surface area contributed by atoms with E-state index in [-0.39, 0.29) is 29.8 Å². The van der Waals surface area contributed by atoms with Crippen molar-refractivity contribution in [2.45, 2.75) is 43.1 Å². The van der Waals surface area contributed by atoms with Crippen LogP contribution in [0.25, 0.3) is 0 Å². The topological polar surface area (TPSA) is 88.1 Å². The highest BCUT2D eigenvalue weighted by Crippen LogP contribution is 2.55. The van der Waals surface area contributed by atoms with Crippen molar-refractivity contribution < 1.29 is 31.6 Å². The van der Waals surface area contributed by atoms with Gasteiger partial charge in [-0.15, -0.1) is 0 Å². The summed E-state index contributed by atoms with van der Waals surface area (Å²) in [5.74, 6) is 1.36. The van der Waals surface area contributed by atoms with Gasteiger partial charge in [-0.2, -0.15) is 8.42 Å². The Hall–Kier alpha value is -1.48. The number of methoxy groups -OCH3 is 1. The maximum Gasteiger partial charge on any atom is 0.339 e. The molecule has 1 aromatic carbocycles. The van der Waals surface area contributed by atoms with Crippen LogP contribution in [0.4, 0.5) is 0 Å². The van der Waals surface area contributed by atoms with Crippen molar-refractivity contribution in [1.29, 1.82) is 0 Å². The van der Waals surface area contributed by atoms with Crippen LogP contribution in [0.2, 0.25) is 0 Å². The number of hydrogen-bond donors (Lipinski definition) is 0. The van der Waals surface area contributed by atoms with E-state index >= 15 is 0 Å². The maximum atomic E-state index is 13.1. The van der Waals surface area contributed by atoms with E-state index in [1.165, 1.54) is 18.6 Å². The molecule has 8 heteroatoms. The molecule has 0 saturated heterocycles. The van der Waals surface area contributed by atoms with Crippen LogP contribution in [-0.2, 0) is 28.5 Å². The van der Waals surface area contributed by atoms with Gasteiger partial charge in [-0.25, -0.2) is 4.79 Å². The average Bonchev–Trinajstić information content (AvgIpc) is 2.72. The van der Waals surface area contributed by atoms with Gasteiger partial charge >= 0.3 is 5.97 Å². The minimum Gasteiger partial charge on any atom is -0.460 e. The van der Waals surface area contributed by atoms with Crippen molar-refractivity contribution in [3.05, 3.63) is 29.8 Å². The lowest BCUT2D eigenvalue weighted by Crippen LogP contribution is -2.50. The molecule has 0 amide bonds. The second-order valence-electron chi connectivity index (χ2n) is 8.68. The quantitative estimate of drug-likeness (QED) is 0.315. The lowest BCUT2D eigenvalue weighted by Gasteiger charge is -2.53. The molecule has 4 bridgehead atoms. The zero-order valence-corrected chi connectivity index (χ0v) is 18.1. The second-order valence-corrected chi connectivity index (χ2v) is 10.2. The van der Waals surface area contributed by atoms with Gasteiger partial charge in [-0.1, -0.05) is 12.1 Å². The normalized spacial score (nSPS) is 29.8. The first-order chi connectivity index (χ1) is 14.5. The van der Waals surface area contributed by atoms with E-state index in [1.54, 1.807) is 19.2 Å². The number of esters is 1. The van der Waals surface area contributed by atoms with E-state index in [0.29, 0.717) is 25.0 Å². The van der Waals surface area contributed by atoms with Crippen LogP contribution in [0.3, 0.4) is 0 Å². The van der Waals surface area contributed by atoms with Crippen molar-refractivity contribution in [3.63, 3.8) is 0 Å². The number of carbonyl (C=O) groups is 1. The predicted octanol–water partition coefficient (Wildman–Crippen LogP) is 3.04. The van der Waals surface area contributed by atoms with Crippen molar-refractivity contribution in [1.82, 2.24) is 0 Å². The molecule has 4 fully saturated rings. The molecule has 4 aliphatic rings. The Morgan fingerprint density at radius 1 is 0.933 bits per heavy atom. The van der Waals surface area contributed by atoms with Gasteiger partial charge < -0.3 is 14.2 Å². The number of benzene rings is 1. The molecule has 0 aromatic heterocycles. The molecule has 0 unspecified atom stereocenters. The van der Waals surface area contributed by atoms with Gasteiger partial charge in [-0.3, -0.25) is 4.18 Å². The van der Waals surface area contributed by atoms with Gasteiger partial charge in [0.2, 0.25) is 0 Å². The monoisotopic (exact) mass is 438 g/mol. The van der Waals surface area contributed by atoms with E-state index in [4.69, 9.17) is 18.4 Å². The first kappa shape index (κ1) is 21.7. The summed E-state index contributed by atoms with van der Waals surface area (Å²) in [5.41, 5.74) is -0.00166. The van der Waals surface area contributed by atoms with Gasteiger partial charge in [0.1, 0.15) is 11.5 Å². The predicted molar refractivity (Wildman–Crippen MR) is 109 cm³/mol. The first-order valence-electron chi connectivity index (χ1n) is 10.7. The molecule has 0 heterocycles. The molecule has 0 radical (unpaired) electrons. The van der Waals surface area contributed by atoms with Crippen LogP contribution < -0.4 is 0 Å². The van der Waals surface area contributed by atoms with Gasteiger partial charge in [0.25, 0.3) is 10.1 Å². The fraction of sp³-hybridized carbons (Fsp3) is 0.682. The molecule has 5 rings (SSSR count). The average molecular weight is 439 g/mol. The molecule has 166 valence electrons. The van der Waals surface area contributed by atoms with Crippen LogP contribution in [0, 0.1) is 23.7 Å². The summed E-state index contributed by atoms with van der Waals surface area (Å²) >= 11 is 0. The summed E-state index contributed by atoms with van der Waals surface area (Å²) in [5, 5.41) is 0. The Bertz CT molecular complexity index is 823. The Labute approximate surface area is 178 Å². The van der Waals surface area contributed by atoms with Gasteiger partial charge in [0.15, 0.2) is 0 Å². The highest BCUT2D eigenvalue weighted by Gasteiger charge is 2.50. The number of hydrogen-bond acceptors (Lipinski definition) is 7. The highest BCUT2D eigenvalue weighted by molar-refractivity contribution is 7.86. The zero-order valence-electron chi connectivity index (χ0n) is 17.3. The third kappa shape index (κ3) is 4.72. The molecular formula is C22H30O7S. The van der Waals surface area contributed by atoms with Crippen LogP contribution in [-0.4, -0.2) is 54.0 Å². The lowest BCUT2D eigenvalue weighted by molar-refractivity contribution is -0.0764. The molecule has 30 heavy (non-hydrogen) atoms. The molecule has 0 N–H and O–H groups in total. The van der Waals surface area contributed by atoms with Crippen molar-refractivity contribution >= 4 is 16.1 Å². The fourth-order valence-electron chi connectivity index (χ4n) is 5.60. The summed E-state index contributed by atoms with van der Waals surface area (Å²) in [6.45, 7) is 1.11. The minimum absolute atomic E-state index is 0.00166. The SMILES string of the molecule is COCCOCCOC(=O)c1ccccc1S(=O)(=O)OC1C2CC3CC(C2)CC1C3. The fourth-order valence-corrected chi connectivity index (χ4v) is 6.98. The van der Waals surface area contributed by atoms with Crippen LogP contribution in [0.1, 0.15) is 42.5 Å². The third-order valence-electron chi connectivity index (χ3n) is 6.65. The summed E-state index contributed by atoms with van der Waals surface area (Å²) in [7, 11) is -2.50. The Morgan fingerprint density at radius 2 is 1.57 bits per heavy atom. The molecular weight excluding hydrogens is 408 g/mol. The lowest BCUT2D eigenvalue weighted by atomic mass is 9.55. The molecule has 0 atom stereocenters. The van der Waals surface area contributed by atoms with Crippen molar-refractivity contribution in [2.24, 2.45) is 23.7 Å². The Balaban J connectivity index is 1.41. The maximum absolute atomic E-state index is 13.1. The van der Waals surface area contributed by atoms with E-state index in [2.05, 4.69) is 0 Å². The molecule has 1 aromatic rings. The summed E-state index contributed by atoms with van der Waals surface area (Å²) in [6.07, 6.45) is 5.23. The van der Waals surface area contributed by atoms with Gasteiger partial charge in [-0.05, 0) is 67.9 Å². The summed E-state index contributed by atoms with van der Waals surface area (Å²) < 4.78 is 47.4. The smallest absolute Gasteiger partial charge is 0.339 e. The van der Waals surface area contributed by atoms with Crippen molar-refractivity contribution in [2.75, 3.05) is 33.5 Å². The second kappa shape index (κ2) is 9.34. The number of carbonyl (C=O) groups excluding carboxylic acids is 1. The van der Waals surface area contributed by atoms with E-state index in [9.17, 15) is 13.2 Å². The molecule has 0 aliphatic heterocycles. The first-order valence-corrected chi connectivity index (χ1v) is 12.1. The number of rotatable bonds is 10. The van der Waals surface area contributed by atoms with Crippen LogP contribution in [0.15, 0.2) is 29.2 Å². The highest BCUT2D eigenvalue weighted by atomic mass is 32.2. The van der Waals surface area contributed by atoms with Crippen molar-refractivity contribution in [3.8, 4) is 0 Å². The molecule has 0 spiro atoms. The Kier molecular flexibility index (Phi) is 6.77. The summed E-state index contributed by atoms with van der Waals surface area (Å²) in [6, 6.07) is 6.09. The Morgan fingerprint density at radius 3 is 2.23 bits per heavy atom. The largest absolute Gasteiger partial charge is 0.460 e. The molecule has 4 aliphatic carbocycles.